The van der Waals surface area contributed by atoms with Gasteiger partial charge in [0.25, 0.3) is 0 Å². The molecule has 19 heavy (non-hydrogen) atoms. The summed E-state index contributed by atoms with van der Waals surface area (Å²) >= 11 is 0.501. The number of thioether (sulfide) groups is 1. The lowest BCUT2D eigenvalue weighted by molar-refractivity contribution is -0.126. The molecule has 0 aliphatic rings. The highest BCUT2D eigenvalue weighted by atomic mass is 32.2. The molecule has 2 rings (SSSR count). The molecule has 5 nitrogen and oxygen atoms in total. The largest absolute Gasteiger partial charge is 0.402 e. The first-order valence-corrected chi connectivity index (χ1v) is 6.17. The molecule has 2 aromatic rings. The number of hydrogen-bond donors (Lipinski definition) is 1. The minimum Gasteiger partial charge on any atom is -0.329 e. The van der Waals surface area contributed by atoms with Crippen molar-refractivity contribution in [3.8, 4) is 5.69 Å². The number of para-hydroxylation sites is 1. The minimum absolute atomic E-state index is 0.0546. The summed E-state index contributed by atoms with van der Waals surface area (Å²) in [6.07, 6.45) is -4.40. The quantitative estimate of drug-likeness (QED) is 0.867. The molecule has 1 aromatic carbocycles. The van der Waals surface area contributed by atoms with Gasteiger partial charge in [-0.1, -0.05) is 30.0 Å². The predicted molar refractivity (Wildman–Crippen MR) is 63.9 cm³/mol. The van der Waals surface area contributed by atoms with Crippen LogP contribution in [0, 0.1) is 0 Å². The monoisotopic (exact) mass is 289 g/mol. The number of aromatic nitrogens is 4. The van der Waals surface area contributed by atoms with E-state index in [2.05, 4.69) is 15.5 Å². The molecule has 9 heteroatoms. The van der Waals surface area contributed by atoms with Crippen LogP contribution < -0.4 is 5.73 Å². The van der Waals surface area contributed by atoms with E-state index in [0.29, 0.717) is 17.4 Å². The van der Waals surface area contributed by atoms with Gasteiger partial charge in [0.1, 0.15) is 5.25 Å². The molecular formula is C10H10F3N5S. The second-order valence-electron chi connectivity index (χ2n) is 3.59. The smallest absolute Gasteiger partial charge is 0.329 e. The van der Waals surface area contributed by atoms with E-state index in [0.717, 1.165) is 0 Å². The van der Waals surface area contributed by atoms with Crippen LogP contribution in [0.3, 0.4) is 0 Å². The third-order valence-corrected chi connectivity index (χ3v) is 3.48. The van der Waals surface area contributed by atoms with Crippen LogP contribution >= 0.6 is 11.8 Å². The summed E-state index contributed by atoms with van der Waals surface area (Å²) in [6, 6.07) is 8.68. The van der Waals surface area contributed by atoms with E-state index < -0.39 is 18.0 Å². The van der Waals surface area contributed by atoms with Gasteiger partial charge in [0.2, 0.25) is 5.16 Å². The fraction of sp³-hybridized carbons (Fsp3) is 0.300. The van der Waals surface area contributed by atoms with Gasteiger partial charge in [-0.2, -0.15) is 17.9 Å². The molecule has 0 spiro atoms. The highest BCUT2D eigenvalue weighted by Gasteiger charge is 2.40. The van der Waals surface area contributed by atoms with Crippen molar-refractivity contribution in [2.75, 3.05) is 6.54 Å². The molecule has 102 valence electrons. The van der Waals surface area contributed by atoms with Crippen LogP contribution in [0.15, 0.2) is 35.5 Å². The Hall–Kier alpha value is -1.61. The van der Waals surface area contributed by atoms with E-state index >= 15 is 0 Å². The van der Waals surface area contributed by atoms with Crippen molar-refractivity contribution in [1.82, 2.24) is 20.2 Å². The average molecular weight is 289 g/mol. The molecule has 0 radical (unpaired) electrons. The number of rotatable bonds is 4. The summed E-state index contributed by atoms with van der Waals surface area (Å²) < 4.78 is 39.3. The maximum Gasteiger partial charge on any atom is 0.402 e. The molecule has 2 N–H and O–H groups in total. The summed E-state index contributed by atoms with van der Waals surface area (Å²) in [4.78, 5) is 0. The van der Waals surface area contributed by atoms with Gasteiger partial charge in [-0.25, -0.2) is 0 Å². The Labute approximate surface area is 111 Å². The zero-order chi connectivity index (χ0) is 13.9. The van der Waals surface area contributed by atoms with Gasteiger partial charge in [0.15, 0.2) is 0 Å². The maximum atomic E-state index is 12.7. The molecule has 0 aliphatic heterocycles. The van der Waals surface area contributed by atoms with Crippen molar-refractivity contribution in [3.63, 3.8) is 0 Å². The van der Waals surface area contributed by atoms with Crippen LogP contribution in [-0.2, 0) is 0 Å². The molecule has 0 amide bonds. The molecule has 0 saturated heterocycles. The fourth-order valence-electron chi connectivity index (χ4n) is 1.36. The number of nitrogens with two attached hydrogens (primary N) is 1. The molecule has 0 fully saturated rings. The van der Waals surface area contributed by atoms with Gasteiger partial charge in [-0.3, -0.25) is 0 Å². The Kier molecular flexibility index (Phi) is 4.05. The summed E-state index contributed by atoms with van der Waals surface area (Å²) in [6.45, 7) is -0.532. The highest BCUT2D eigenvalue weighted by Crippen LogP contribution is 2.33. The molecule has 1 aromatic heterocycles. The Balaban J connectivity index is 2.26. The Bertz CT molecular complexity index is 527. The van der Waals surface area contributed by atoms with Crippen LogP contribution in [0.25, 0.3) is 5.69 Å². The number of alkyl halides is 3. The van der Waals surface area contributed by atoms with E-state index in [-0.39, 0.29) is 5.16 Å². The summed E-state index contributed by atoms with van der Waals surface area (Å²) in [5.74, 6) is 0. The molecule has 1 heterocycles. The van der Waals surface area contributed by atoms with Crippen molar-refractivity contribution in [3.05, 3.63) is 30.3 Å². The summed E-state index contributed by atoms with van der Waals surface area (Å²) in [5, 5.41) is 9.01. The molecule has 0 saturated carbocycles. The first-order valence-electron chi connectivity index (χ1n) is 5.29. The van der Waals surface area contributed by atoms with Crippen molar-refractivity contribution in [2.45, 2.75) is 16.6 Å². The lowest BCUT2D eigenvalue weighted by Gasteiger charge is -2.16. The van der Waals surface area contributed by atoms with Crippen LogP contribution in [0.2, 0.25) is 0 Å². The molecule has 1 atom stereocenters. The van der Waals surface area contributed by atoms with Gasteiger partial charge in [-0.05, 0) is 22.6 Å². The molecular weight excluding hydrogens is 279 g/mol. The van der Waals surface area contributed by atoms with Crippen molar-refractivity contribution >= 4 is 11.8 Å². The summed E-state index contributed by atoms with van der Waals surface area (Å²) in [7, 11) is 0. The Morgan fingerprint density at radius 3 is 2.53 bits per heavy atom. The second-order valence-corrected chi connectivity index (χ2v) is 4.76. The minimum atomic E-state index is -4.40. The molecule has 0 bridgehead atoms. The highest BCUT2D eigenvalue weighted by molar-refractivity contribution is 7.99. The fourth-order valence-corrected chi connectivity index (χ4v) is 2.17. The van der Waals surface area contributed by atoms with Gasteiger partial charge in [-0.15, -0.1) is 5.10 Å². The Morgan fingerprint density at radius 1 is 1.26 bits per heavy atom. The standard InChI is InChI=1S/C10H10F3N5S/c11-10(12,13)8(6-14)19-9-15-16-17-18(9)7-4-2-1-3-5-7/h1-5,8H,6,14H2. The van der Waals surface area contributed by atoms with E-state index in [4.69, 9.17) is 5.73 Å². The van der Waals surface area contributed by atoms with Crippen molar-refractivity contribution < 1.29 is 13.2 Å². The van der Waals surface area contributed by atoms with E-state index in [1.165, 1.54) is 4.68 Å². The first-order chi connectivity index (χ1) is 9.02. The number of hydrogen-bond acceptors (Lipinski definition) is 5. The number of nitrogens with zero attached hydrogens (tertiary/aromatic N) is 4. The first kappa shape index (κ1) is 13.8. The van der Waals surface area contributed by atoms with Gasteiger partial charge < -0.3 is 5.73 Å². The van der Waals surface area contributed by atoms with Crippen LogP contribution in [-0.4, -0.2) is 38.2 Å². The van der Waals surface area contributed by atoms with Crippen molar-refractivity contribution in [2.24, 2.45) is 5.73 Å². The zero-order valence-corrected chi connectivity index (χ0v) is 10.4. The van der Waals surface area contributed by atoms with Crippen LogP contribution in [0.4, 0.5) is 13.2 Å². The average Bonchev–Trinajstić information content (AvgIpc) is 2.83. The van der Waals surface area contributed by atoms with E-state index in [1.54, 1.807) is 30.3 Å². The number of tetrazole rings is 1. The van der Waals surface area contributed by atoms with Gasteiger partial charge >= 0.3 is 6.18 Å². The normalized spacial score (nSPS) is 13.5. The van der Waals surface area contributed by atoms with E-state index in [9.17, 15) is 13.2 Å². The predicted octanol–water partition coefficient (Wildman–Crippen LogP) is 1.64. The lowest BCUT2D eigenvalue weighted by atomic mass is 10.3. The Morgan fingerprint density at radius 2 is 1.95 bits per heavy atom. The van der Waals surface area contributed by atoms with Crippen LogP contribution in [0.1, 0.15) is 0 Å². The number of halogens is 3. The van der Waals surface area contributed by atoms with Crippen LogP contribution in [0.5, 0.6) is 0 Å². The zero-order valence-electron chi connectivity index (χ0n) is 9.58. The SMILES string of the molecule is NCC(Sc1nnnn1-c1ccccc1)C(F)(F)F. The third-order valence-electron chi connectivity index (χ3n) is 2.27. The van der Waals surface area contributed by atoms with Crippen molar-refractivity contribution in [1.29, 1.82) is 0 Å². The third kappa shape index (κ3) is 3.24. The van der Waals surface area contributed by atoms with Gasteiger partial charge in [0, 0.05) is 6.54 Å². The second kappa shape index (κ2) is 5.57. The molecule has 1 unspecified atom stereocenters. The number of benzene rings is 1. The summed E-state index contributed by atoms with van der Waals surface area (Å²) in [5.41, 5.74) is 5.74. The topological polar surface area (TPSA) is 69.6 Å². The maximum absolute atomic E-state index is 12.7. The lowest BCUT2D eigenvalue weighted by Crippen LogP contribution is -2.33. The van der Waals surface area contributed by atoms with Gasteiger partial charge in [0.05, 0.1) is 5.69 Å². The van der Waals surface area contributed by atoms with E-state index in [1.807, 2.05) is 0 Å². The molecule has 0 aliphatic carbocycles.